The Morgan fingerprint density at radius 3 is 3.04 bits per heavy atom. The SMILES string of the molecule is O=C(C1CSC(c2cccnc2)N1)n1ccc2c(Cl)cccc21. The van der Waals surface area contributed by atoms with Gasteiger partial charge in [-0.3, -0.25) is 19.7 Å². The number of benzene rings is 1. The van der Waals surface area contributed by atoms with Gasteiger partial charge in [-0.15, -0.1) is 11.8 Å². The second-order valence-corrected chi connectivity index (χ2v) is 6.96. The lowest BCUT2D eigenvalue weighted by Gasteiger charge is -2.13. The zero-order chi connectivity index (χ0) is 15.8. The van der Waals surface area contributed by atoms with Gasteiger partial charge >= 0.3 is 0 Å². The number of carbonyl (C=O) groups excluding carboxylic acids is 1. The molecule has 23 heavy (non-hydrogen) atoms. The zero-order valence-electron chi connectivity index (χ0n) is 12.1. The third-order valence-electron chi connectivity index (χ3n) is 3.98. The molecule has 4 rings (SSSR count). The minimum atomic E-state index is -0.222. The number of thioether (sulfide) groups is 1. The Labute approximate surface area is 142 Å². The number of carbonyl (C=O) groups is 1. The number of fused-ring (bicyclic) bond motifs is 1. The van der Waals surface area contributed by atoms with Crippen molar-refractivity contribution in [3.8, 4) is 0 Å². The van der Waals surface area contributed by atoms with Gasteiger partial charge in [0.05, 0.1) is 16.9 Å². The summed E-state index contributed by atoms with van der Waals surface area (Å²) in [6, 6.07) is 11.2. The first-order valence-electron chi connectivity index (χ1n) is 7.31. The zero-order valence-corrected chi connectivity index (χ0v) is 13.7. The first-order valence-corrected chi connectivity index (χ1v) is 8.74. The van der Waals surface area contributed by atoms with E-state index in [0.29, 0.717) is 5.02 Å². The molecular formula is C17H14ClN3OS. The Bertz CT molecular complexity index is 865. The summed E-state index contributed by atoms with van der Waals surface area (Å²) in [5.74, 6) is 0.777. The van der Waals surface area contributed by atoms with Crippen LogP contribution in [-0.2, 0) is 0 Å². The standard InChI is InChI=1S/C17H14ClN3OS/c18-13-4-1-5-15-12(13)6-8-21(15)17(22)14-10-23-16(20-14)11-3-2-7-19-9-11/h1-9,14,16,20H,10H2. The van der Waals surface area contributed by atoms with Gasteiger partial charge in [-0.1, -0.05) is 23.7 Å². The largest absolute Gasteiger partial charge is 0.290 e. The number of aromatic nitrogens is 2. The fourth-order valence-corrected chi connectivity index (χ4v) is 4.28. The molecule has 2 unspecified atom stereocenters. The number of nitrogens with one attached hydrogen (secondary N) is 1. The summed E-state index contributed by atoms with van der Waals surface area (Å²) in [6.07, 6.45) is 5.38. The van der Waals surface area contributed by atoms with Crippen LogP contribution in [0.4, 0.5) is 0 Å². The Kier molecular flexibility index (Phi) is 3.85. The fourth-order valence-electron chi connectivity index (χ4n) is 2.83. The molecule has 6 heteroatoms. The van der Waals surface area contributed by atoms with Crippen LogP contribution < -0.4 is 5.32 Å². The second-order valence-electron chi connectivity index (χ2n) is 5.42. The summed E-state index contributed by atoms with van der Waals surface area (Å²) in [7, 11) is 0. The van der Waals surface area contributed by atoms with Crippen LogP contribution in [-0.4, -0.2) is 27.3 Å². The Hall–Kier alpha value is -1.82. The summed E-state index contributed by atoms with van der Waals surface area (Å²) in [6.45, 7) is 0. The average molecular weight is 344 g/mol. The highest BCUT2D eigenvalue weighted by atomic mass is 35.5. The first kappa shape index (κ1) is 14.8. The van der Waals surface area contributed by atoms with Gasteiger partial charge in [0, 0.05) is 34.8 Å². The summed E-state index contributed by atoms with van der Waals surface area (Å²) < 4.78 is 1.69. The highest BCUT2D eigenvalue weighted by molar-refractivity contribution is 7.99. The molecule has 3 aromatic rings. The predicted octanol–water partition coefficient (Wildman–Crippen LogP) is 3.73. The molecule has 1 fully saturated rings. The summed E-state index contributed by atoms with van der Waals surface area (Å²) in [5, 5.41) is 5.06. The van der Waals surface area contributed by atoms with E-state index in [4.69, 9.17) is 11.6 Å². The van der Waals surface area contributed by atoms with Crippen molar-refractivity contribution in [2.24, 2.45) is 0 Å². The van der Waals surface area contributed by atoms with E-state index in [1.54, 1.807) is 28.7 Å². The van der Waals surface area contributed by atoms with Crippen LogP contribution in [0.1, 0.15) is 15.7 Å². The highest BCUT2D eigenvalue weighted by Gasteiger charge is 2.31. The van der Waals surface area contributed by atoms with E-state index in [-0.39, 0.29) is 17.3 Å². The second kappa shape index (κ2) is 6.00. The van der Waals surface area contributed by atoms with Crippen LogP contribution >= 0.6 is 23.4 Å². The molecule has 0 saturated carbocycles. The van der Waals surface area contributed by atoms with Gasteiger partial charge in [0.15, 0.2) is 0 Å². The average Bonchev–Trinajstić information content (AvgIpc) is 3.23. The van der Waals surface area contributed by atoms with Gasteiger partial charge in [0.2, 0.25) is 5.91 Å². The van der Waals surface area contributed by atoms with Crippen molar-refractivity contribution in [2.75, 3.05) is 5.75 Å². The van der Waals surface area contributed by atoms with Crippen LogP contribution in [0.25, 0.3) is 10.9 Å². The molecule has 1 N–H and O–H groups in total. The maximum atomic E-state index is 12.8. The van der Waals surface area contributed by atoms with E-state index in [9.17, 15) is 4.79 Å². The third kappa shape index (κ3) is 2.65. The van der Waals surface area contributed by atoms with Crippen LogP contribution in [0, 0.1) is 0 Å². The molecule has 0 amide bonds. The minimum absolute atomic E-state index is 0.0427. The quantitative estimate of drug-likeness (QED) is 0.770. The number of halogens is 1. The van der Waals surface area contributed by atoms with E-state index < -0.39 is 0 Å². The van der Waals surface area contributed by atoms with Crippen LogP contribution in [0.15, 0.2) is 55.0 Å². The van der Waals surface area contributed by atoms with Crippen molar-refractivity contribution in [2.45, 2.75) is 11.4 Å². The molecule has 2 aromatic heterocycles. The molecule has 2 atom stereocenters. The molecule has 4 nitrogen and oxygen atoms in total. The van der Waals surface area contributed by atoms with E-state index >= 15 is 0 Å². The number of hydrogen-bond acceptors (Lipinski definition) is 4. The van der Waals surface area contributed by atoms with Gasteiger partial charge < -0.3 is 0 Å². The van der Waals surface area contributed by atoms with Crippen LogP contribution in [0.5, 0.6) is 0 Å². The van der Waals surface area contributed by atoms with Crippen molar-refractivity contribution in [1.29, 1.82) is 0 Å². The van der Waals surface area contributed by atoms with E-state index in [1.807, 2.05) is 42.6 Å². The van der Waals surface area contributed by atoms with Crippen molar-refractivity contribution in [1.82, 2.24) is 14.9 Å². The number of hydrogen-bond donors (Lipinski definition) is 1. The highest BCUT2D eigenvalue weighted by Crippen LogP contribution is 2.33. The molecule has 0 radical (unpaired) electrons. The van der Waals surface area contributed by atoms with Crippen LogP contribution in [0.2, 0.25) is 5.02 Å². The maximum Gasteiger partial charge on any atom is 0.249 e. The molecule has 0 spiro atoms. The van der Waals surface area contributed by atoms with Gasteiger partial charge in [-0.2, -0.15) is 0 Å². The number of nitrogens with zero attached hydrogens (tertiary/aromatic N) is 2. The lowest BCUT2D eigenvalue weighted by atomic mass is 10.2. The summed E-state index contributed by atoms with van der Waals surface area (Å²) in [4.78, 5) is 17.0. The summed E-state index contributed by atoms with van der Waals surface area (Å²) in [5.41, 5.74) is 1.94. The molecule has 0 aliphatic carbocycles. The van der Waals surface area contributed by atoms with Gasteiger partial charge in [0.1, 0.15) is 0 Å². The van der Waals surface area contributed by atoms with E-state index in [1.165, 1.54) is 0 Å². The van der Waals surface area contributed by atoms with E-state index in [0.717, 1.165) is 22.2 Å². The van der Waals surface area contributed by atoms with Gasteiger partial charge in [0.25, 0.3) is 0 Å². The molecule has 1 saturated heterocycles. The maximum absolute atomic E-state index is 12.8. The van der Waals surface area contributed by atoms with Gasteiger partial charge in [-0.25, -0.2) is 0 Å². The number of rotatable bonds is 2. The van der Waals surface area contributed by atoms with Crippen molar-refractivity contribution in [3.63, 3.8) is 0 Å². The summed E-state index contributed by atoms with van der Waals surface area (Å²) >= 11 is 7.91. The van der Waals surface area contributed by atoms with Crippen molar-refractivity contribution in [3.05, 3.63) is 65.6 Å². The van der Waals surface area contributed by atoms with Crippen molar-refractivity contribution < 1.29 is 4.79 Å². The minimum Gasteiger partial charge on any atom is -0.290 e. The lowest BCUT2D eigenvalue weighted by molar-refractivity contribution is 0.0879. The van der Waals surface area contributed by atoms with Crippen molar-refractivity contribution >= 4 is 40.2 Å². The molecular weight excluding hydrogens is 330 g/mol. The van der Waals surface area contributed by atoms with E-state index in [2.05, 4.69) is 10.3 Å². The normalized spacial score (nSPS) is 20.9. The van der Waals surface area contributed by atoms with Gasteiger partial charge in [-0.05, 0) is 29.8 Å². The monoisotopic (exact) mass is 343 g/mol. The van der Waals surface area contributed by atoms with Crippen LogP contribution in [0.3, 0.4) is 0 Å². The molecule has 116 valence electrons. The Morgan fingerprint density at radius 1 is 1.30 bits per heavy atom. The Balaban J connectivity index is 1.59. The third-order valence-corrected chi connectivity index (χ3v) is 5.58. The molecule has 0 bridgehead atoms. The Morgan fingerprint density at radius 2 is 2.22 bits per heavy atom. The number of pyridine rings is 1. The lowest BCUT2D eigenvalue weighted by Crippen LogP contribution is -2.37. The fraction of sp³-hybridized carbons (Fsp3) is 0.176. The molecule has 3 heterocycles. The molecule has 1 aromatic carbocycles. The topological polar surface area (TPSA) is 46.9 Å². The molecule has 1 aliphatic heterocycles. The first-order chi connectivity index (χ1) is 11.2. The predicted molar refractivity (Wildman–Crippen MR) is 93.9 cm³/mol. The smallest absolute Gasteiger partial charge is 0.249 e. The molecule has 1 aliphatic rings.